The lowest BCUT2D eigenvalue weighted by molar-refractivity contribution is -0.00295. The van der Waals surface area contributed by atoms with Crippen molar-refractivity contribution in [3.63, 3.8) is 0 Å². The van der Waals surface area contributed by atoms with Gasteiger partial charge in [0.25, 0.3) is 5.91 Å². The maximum Gasteiger partial charge on any atom is 0.270 e. The molecule has 0 aliphatic heterocycles. The quantitative estimate of drug-likeness (QED) is 0.850. The van der Waals surface area contributed by atoms with Gasteiger partial charge in [0.05, 0.1) is 12.7 Å². The van der Waals surface area contributed by atoms with E-state index in [-0.39, 0.29) is 5.91 Å². The summed E-state index contributed by atoms with van der Waals surface area (Å²) in [5.74, 6) is 0.404. The van der Waals surface area contributed by atoms with Crippen molar-refractivity contribution in [2.24, 2.45) is 5.92 Å². The largest absolute Gasteiger partial charge is 0.376 e. The molecule has 110 valence electrons. The standard InChI is InChI=1S/C15H21ClN2O2/c1-11-4-2-3-5-14(11)20-9-8-18-15(19)13-10-12(16)6-7-17-13/h6-7,10-11,14H,2-5,8-9H2,1H3,(H,18,19). The highest BCUT2D eigenvalue weighted by molar-refractivity contribution is 6.30. The Morgan fingerprint density at radius 3 is 3.05 bits per heavy atom. The van der Waals surface area contributed by atoms with Gasteiger partial charge in [0.1, 0.15) is 5.69 Å². The SMILES string of the molecule is CC1CCCCC1OCCNC(=O)c1cc(Cl)ccn1. The molecule has 1 saturated carbocycles. The summed E-state index contributed by atoms with van der Waals surface area (Å²) in [4.78, 5) is 15.8. The van der Waals surface area contributed by atoms with Crippen molar-refractivity contribution in [2.75, 3.05) is 13.2 Å². The Labute approximate surface area is 124 Å². The molecule has 1 fully saturated rings. The fraction of sp³-hybridized carbons (Fsp3) is 0.600. The third-order valence-corrected chi connectivity index (χ3v) is 3.94. The van der Waals surface area contributed by atoms with Crippen molar-refractivity contribution in [1.82, 2.24) is 10.3 Å². The lowest BCUT2D eigenvalue weighted by atomic mass is 9.88. The first-order valence-electron chi connectivity index (χ1n) is 7.18. The van der Waals surface area contributed by atoms with Crippen LogP contribution in [0.2, 0.25) is 5.02 Å². The second-order valence-electron chi connectivity index (χ2n) is 5.29. The minimum atomic E-state index is -0.215. The summed E-state index contributed by atoms with van der Waals surface area (Å²) in [5.41, 5.74) is 0.337. The molecule has 0 spiro atoms. The number of amides is 1. The number of halogens is 1. The fourth-order valence-electron chi connectivity index (χ4n) is 2.52. The lowest BCUT2D eigenvalue weighted by Gasteiger charge is -2.28. The molecular weight excluding hydrogens is 276 g/mol. The fourth-order valence-corrected chi connectivity index (χ4v) is 2.68. The van der Waals surface area contributed by atoms with Crippen LogP contribution in [0.3, 0.4) is 0 Å². The molecule has 4 nitrogen and oxygen atoms in total. The van der Waals surface area contributed by atoms with Gasteiger partial charge >= 0.3 is 0 Å². The van der Waals surface area contributed by atoms with Crippen LogP contribution in [0.25, 0.3) is 0 Å². The maximum atomic E-state index is 11.8. The normalized spacial score (nSPS) is 22.5. The van der Waals surface area contributed by atoms with Crippen molar-refractivity contribution >= 4 is 17.5 Å². The van der Waals surface area contributed by atoms with Crippen molar-refractivity contribution in [1.29, 1.82) is 0 Å². The molecule has 20 heavy (non-hydrogen) atoms. The van der Waals surface area contributed by atoms with Gasteiger partial charge in [-0.25, -0.2) is 0 Å². The number of rotatable bonds is 5. The molecule has 1 aromatic rings. The molecule has 1 N–H and O–H groups in total. The lowest BCUT2D eigenvalue weighted by Crippen LogP contribution is -2.32. The van der Waals surface area contributed by atoms with Crippen LogP contribution in [0, 0.1) is 5.92 Å². The van der Waals surface area contributed by atoms with Crippen LogP contribution in [-0.2, 0) is 4.74 Å². The van der Waals surface area contributed by atoms with Crippen LogP contribution in [-0.4, -0.2) is 30.1 Å². The second kappa shape index (κ2) is 7.60. The van der Waals surface area contributed by atoms with Crippen LogP contribution in [0.1, 0.15) is 43.1 Å². The molecule has 2 atom stereocenters. The first kappa shape index (κ1) is 15.3. The van der Waals surface area contributed by atoms with Crippen molar-refractivity contribution in [2.45, 2.75) is 38.7 Å². The number of hydrogen-bond donors (Lipinski definition) is 1. The summed E-state index contributed by atoms with van der Waals surface area (Å²) in [7, 11) is 0. The van der Waals surface area contributed by atoms with Gasteiger partial charge in [0.2, 0.25) is 0 Å². The Bertz CT molecular complexity index is 453. The highest BCUT2D eigenvalue weighted by Gasteiger charge is 2.21. The average Bonchev–Trinajstić information content (AvgIpc) is 2.45. The second-order valence-corrected chi connectivity index (χ2v) is 5.72. The van der Waals surface area contributed by atoms with Crippen LogP contribution in [0.15, 0.2) is 18.3 Å². The number of carbonyl (C=O) groups excluding carboxylic acids is 1. The molecule has 1 aliphatic carbocycles. The first-order chi connectivity index (χ1) is 9.66. The van der Waals surface area contributed by atoms with E-state index in [0.29, 0.717) is 35.9 Å². The minimum Gasteiger partial charge on any atom is -0.376 e. The number of carbonyl (C=O) groups is 1. The number of pyridine rings is 1. The number of aromatic nitrogens is 1. The molecule has 2 unspecified atom stereocenters. The molecule has 1 amide bonds. The van der Waals surface area contributed by atoms with E-state index in [9.17, 15) is 4.79 Å². The Morgan fingerprint density at radius 2 is 2.30 bits per heavy atom. The monoisotopic (exact) mass is 296 g/mol. The first-order valence-corrected chi connectivity index (χ1v) is 7.56. The van der Waals surface area contributed by atoms with Crippen molar-refractivity contribution in [3.05, 3.63) is 29.0 Å². The molecule has 0 radical (unpaired) electrons. The Morgan fingerprint density at radius 1 is 1.50 bits per heavy atom. The number of nitrogens with one attached hydrogen (secondary N) is 1. The summed E-state index contributed by atoms with van der Waals surface area (Å²) in [5, 5.41) is 3.31. The predicted molar refractivity (Wildman–Crippen MR) is 79.0 cm³/mol. The minimum absolute atomic E-state index is 0.215. The molecule has 0 saturated heterocycles. The van der Waals surface area contributed by atoms with Crippen LogP contribution in [0.4, 0.5) is 0 Å². The molecule has 1 aromatic heterocycles. The van der Waals surface area contributed by atoms with E-state index in [2.05, 4.69) is 17.2 Å². The molecule has 0 bridgehead atoms. The highest BCUT2D eigenvalue weighted by atomic mass is 35.5. The Kier molecular flexibility index (Phi) is 5.80. The van der Waals surface area contributed by atoms with Crippen LogP contribution < -0.4 is 5.32 Å². The summed E-state index contributed by atoms with van der Waals surface area (Å²) >= 11 is 5.82. The Hall–Kier alpha value is -1.13. The predicted octanol–water partition coefficient (Wildman–Crippen LogP) is 3.06. The van der Waals surface area contributed by atoms with Crippen molar-refractivity contribution < 1.29 is 9.53 Å². The Balaban J connectivity index is 1.69. The average molecular weight is 297 g/mol. The molecule has 1 heterocycles. The van der Waals surface area contributed by atoms with E-state index in [4.69, 9.17) is 16.3 Å². The summed E-state index contributed by atoms with van der Waals surface area (Å²) in [6.45, 7) is 3.27. The molecule has 0 aromatic carbocycles. The van der Waals surface area contributed by atoms with E-state index in [1.165, 1.54) is 25.5 Å². The van der Waals surface area contributed by atoms with Crippen molar-refractivity contribution in [3.8, 4) is 0 Å². The summed E-state index contributed by atoms with van der Waals surface area (Å²) in [6.07, 6.45) is 6.78. The van der Waals surface area contributed by atoms with Gasteiger partial charge in [-0.15, -0.1) is 0 Å². The summed E-state index contributed by atoms with van der Waals surface area (Å²) in [6, 6.07) is 3.20. The van der Waals surface area contributed by atoms with Gasteiger partial charge in [-0.2, -0.15) is 0 Å². The van der Waals surface area contributed by atoms with Crippen LogP contribution in [0.5, 0.6) is 0 Å². The molecular formula is C15H21ClN2O2. The van der Waals surface area contributed by atoms with E-state index in [1.807, 2.05) is 0 Å². The smallest absolute Gasteiger partial charge is 0.270 e. The van der Waals surface area contributed by atoms with Gasteiger partial charge in [-0.05, 0) is 30.9 Å². The topological polar surface area (TPSA) is 51.2 Å². The number of ether oxygens (including phenoxy) is 1. The molecule has 2 rings (SSSR count). The van der Waals surface area contributed by atoms with E-state index >= 15 is 0 Å². The van der Waals surface area contributed by atoms with Gasteiger partial charge in [0, 0.05) is 17.8 Å². The highest BCUT2D eigenvalue weighted by Crippen LogP contribution is 2.25. The van der Waals surface area contributed by atoms with Gasteiger partial charge in [-0.3, -0.25) is 9.78 Å². The van der Waals surface area contributed by atoms with Gasteiger partial charge in [0.15, 0.2) is 0 Å². The third-order valence-electron chi connectivity index (χ3n) is 3.71. The zero-order valence-corrected chi connectivity index (χ0v) is 12.5. The van der Waals surface area contributed by atoms with E-state index in [1.54, 1.807) is 12.1 Å². The zero-order valence-electron chi connectivity index (χ0n) is 11.8. The number of nitrogens with zero attached hydrogens (tertiary/aromatic N) is 1. The number of hydrogen-bond acceptors (Lipinski definition) is 3. The van der Waals surface area contributed by atoms with E-state index < -0.39 is 0 Å². The van der Waals surface area contributed by atoms with E-state index in [0.717, 1.165) is 6.42 Å². The third kappa shape index (κ3) is 4.46. The van der Waals surface area contributed by atoms with Crippen LogP contribution >= 0.6 is 11.6 Å². The van der Waals surface area contributed by atoms with Gasteiger partial charge in [-0.1, -0.05) is 31.4 Å². The molecule has 1 aliphatic rings. The zero-order chi connectivity index (χ0) is 14.4. The molecule has 5 heteroatoms. The maximum absolute atomic E-state index is 11.8. The van der Waals surface area contributed by atoms with Gasteiger partial charge < -0.3 is 10.1 Å². The summed E-state index contributed by atoms with van der Waals surface area (Å²) < 4.78 is 5.84.